The molecule has 3 N–H and O–H groups in total. The summed E-state index contributed by atoms with van der Waals surface area (Å²) in [6.45, 7) is 2.65. The van der Waals surface area contributed by atoms with Gasteiger partial charge in [-0.2, -0.15) is 0 Å². The van der Waals surface area contributed by atoms with Crippen LogP contribution in [0.15, 0.2) is 36.4 Å². The number of ether oxygens (including phenoxy) is 1. The Labute approximate surface area is 118 Å². The molecular weight excluding hydrogens is 254 g/mol. The smallest absolute Gasteiger partial charge is 0.154 e. The highest BCUT2D eigenvalue weighted by atomic mass is 16.5. The summed E-state index contributed by atoms with van der Waals surface area (Å²) < 4.78 is 5.73. The van der Waals surface area contributed by atoms with Gasteiger partial charge in [0.05, 0.1) is 12.2 Å². The lowest BCUT2D eigenvalue weighted by atomic mass is 9.98. The van der Waals surface area contributed by atoms with Gasteiger partial charge in [-0.1, -0.05) is 43.7 Å². The van der Waals surface area contributed by atoms with Crippen LogP contribution in [0.5, 0.6) is 5.75 Å². The zero-order chi connectivity index (χ0) is 14.5. The molecule has 0 amide bonds. The van der Waals surface area contributed by atoms with Crippen LogP contribution in [-0.2, 0) is 4.79 Å². The molecule has 0 spiro atoms. The van der Waals surface area contributed by atoms with Crippen molar-refractivity contribution in [2.24, 2.45) is 0 Å². The van der Waals surface area contributed by atoms with E-state index in [2.05, 4.69) is 12.7 Å². The highest BCUT2D eigenvalue weighted by Gasteiger charge is 2.20. The minimum atomic E-state index is -1.19. The molecule has 0 aliphatic heterocycles. The van der Waals surface area contributed by atoms with Gasteiger partial charge in [0, 0.05) is 0 Å². The SMILES string of the molecule is CCCCOc1ccc2ccccc2c1[C@@H]([NH3+])C(=O)[O-]. The molecule has 2 aromatic carbocycles. The summed E-state index contributed by atoms with van der Waals surface area (Å²) in [5.74, 6) is -0.608. The number of fused-ring (bicyclic) bond motifs is 1. The number of carboxylic acids is 1. The van der Waals surface area contributed by atoms with Gasteiger partial charge in [0.25, 0.3) is 0 Å². The Bertz CT molecular complexity index is 610. The fourth-order valence-electron chi connectivity index (χ4n) is 2.21. The molecule has 0 saturated carbocycles. The fourth-order valence-corrected chi connectivity index (χ4v) is 2.21. The summed E-state index contributed by atoms with van der Waals surface area (Å²) in [4.78, 5) is 11.2. The molecule has 0 heterocycles. The largest absolute Gasteiger partial charge is 0.544 e. The molecule has 1 atom stereocenters. The second-order valence-corrected chi connectivity index (χ2v) is 4.77. The first-order valence-corrected chi connectivity index (χ1v) is 6.83. The van der Waals surface area contributed by atoms with E-state index in [9.17, 15) is 9.90 Å². The van der Waals surface area contributed by atoms with Crippen LogP contribution >= 0.6 is 0 Å². The number of hydrogen-bond acceptors (Lipinski definition) is 3. The van der Waals surface area contributed by atoms with Gasteiger partial charge < -0.3 is 20.4 Å². The average molecular weight is 273 g/mol. The maximum atomic E-state index is 11.2. The first-order chi connectivity index (χ1) is 9.65. The van der Waals surface area contributed by atoms with Gasteiger partial charge >= 0.3 is 0 Å². The molecule has 106 valence electrons. The van der Waals surface area contributed by atoms with Crippen LogP contribution in [0.3, 0.4) is 0 Å². The van der Waals surface area contributed by atoms with Gasteiger partial charge in [0.1, 0.15) is 11.7 Å². The molecule has 0 aromatic heterocycles. The Hall–Kier alpha value is -2.07. The summed E-state index contributed by atoms with van der Waals surface area (Å²) in [6.07, 6.45) is 1.95. The fraction of sp³-hybridized carbons (Fsp3) is 0.312. The number of carbonyl (C=O) groups excluding carboxylic acids is 1. The van der Waals surface area contributed by atoms with Gasteiger partial charge in [-0.25, -0.2) is 0 Å². The predicted molar refractivity (Wildman–Crippen MR) is 75.0 cm³/mol. The van der Waals surface area contributed by atoms with Crippen LogP contribution in [0, 0.1) is 0 Å². The monoisotopic (exact) mass is 273 g/mol. The lowest BCUT2D eigenvalue weighted by Crippen LogP contribution is -2.61. The number of benzene rings is 2. The second kappa shape index (κ2) is 6.39. The number of carboxylic acid groups (broad SMARTS) is 1. The van der Waals surface area contributed by atoms with Crippen LogP contribution < -0.4 is 15.6 Å². The molecule has 0 saturated heterocycles. The van der Waals surface area contributed by atoms with E-state index in [1.165, 1.54) is 0 Å². The molecule has 0 radical (unpaired) electrons. The van der Waals surface area contributed by atoms with Crippen LogP contribution in [0.1, 0.15) is 31.4 Å². The molecule has 2 rings (SSSR count). The molecule has 0 aliphatic rings. The van der Waals surface area contributed by atoms with Crippen molar-refractivity contribution in [1.82, 2.24) is 0 Å². The molecule has 0 fully saturated rings. The van der Waals surface area contributed by atoms with Crippen LogP contribution in [0.25, 0.3) is 10.8 Å². The van der Waals surface area contributed by atoms with Crippen molar-refractivity contribution in [3.05, 3.63) is 42.0 Å². The molecule has 0 aliphatic carbocycles. The lowest BCUT2D eigenvalue weighted by Gasteiger charge is -2.17. The summed E-state index contributed by atoms with van der Waals surface area (Å²) in [5, 5.41) is 13.0. The van der Waals surface area contributed by atoms with Crippen molar-refractivity contribution in [1.29, 1.82) is 0 Å². The topological polar surface area (TPSA) is 77.0 Å². The normalized spacial score (nSPS) is 12.3. The van der Waals surface area contributed by atoms with Crippen LogP contribution in [0.2, 0.25) is 0 Å². The predicted octanol–water partition coefficient (Wildman–Crippen LogP) is 1.05. The summed E-state index contributed by atoms with van der Waals surface area (Å²) >= 11 is 0. The molecule has 4 heteroatoms. The van der Waals surface area contributed by atoms with Gasteiger partial charge in [-0.05, 0) is 23.3 Å². The maximum Gasteiger partial charge on any atom is 0.154 e. The number of aliphatic carboxylic acids is 1. The van der Waals surface area contributed by atoms with Crippen molar-refractivity contribution in [3.8, 4) is 5.75 Å². The van der Waals surface area contributed by atoms with E-state index in [1.54, 1.807) is 0 Å². The van der Waals surface area contributed by atoms with E-state index in [0.717, 1.165) is 23.6 Å². The lowest BCUT2D eigenvalue weighted by molar-refractivity contribution is -0.442. The zero-order valence-electron chi connectivity index (χ0n) is 11.6. The van der Waals surface area contributed by atoms with Gasteiger partial charge in [0.2, 0.25) is 0 Å². The molecule has 20 heavy (non-hydrogen) atoms. The molecular formula is C16H19NO3. The standard InChI is InChI=1S/C16H19NO3/c1-2-3-10-20-13-9-8-11-6-4-5-7-12(11)14(13)15(17)16(18)19/h4-9,15H,2-3,10,17H2,1H3,(H,18,19)/t15-/m1/s1. The quantitative estimate of drug-likeness (QED) is 0.799. The highest BCUT2D eigenvalue weighted by Crippen LogP contribution is 2.31. The van der Waals surface area contributed by atoms with Crippen molar-refractivity contribution in [2.75, 3.05) is 6.61 Å². The summed E-state index contributed by atoms with van der Waals surface area (Å²) in [5.41, 5.74) is 4.30. The third-order valence-electron chi connectivity index (χ3n) is 3.32. The third-order valence-corrected chi connectivity index (χ3v) is 3.32. The van der Waals surface area contributed by atoms with Crippen molar-refractivity contribution < 1.29 is 20.4 Å². The minimum Gasteiger partial charge on any atom is -0.544 e. The Kier molecular flexibility index (Phi) is 4.58. The van der Waals surface area contributed by atoms with Crippen LogP contribution in [-0.4, -0.2) is 12.6 Å². The molecule has 4 nitrogen and oxygen atoms in total. The number of quaternary nitrogens is 1. The first kappa shape index (κ1) is 14.3. The minimum absolute atomic E-state index is 0.571. The number of unbranched alkanes of at least 4 members (excludes halogenated alkanes) is 1. The van der Waals surface area contributed by atoms with Crippen LogP contribution in [0.4, 0.5) is 0 Å². The Morgan fingerprint density at radius 3 is 2.75 bits per heavy atom. The highest BCUT2D eigenvalue weighted by molar-refractivity contribution is 5.91. The van der Waals surface area contributed by atoms with Gasteiger partial charge in [-0.15, -0.1) is 0 Å². The average Bonchev–Trinajstić information content (AvgIpc) is 2.46. The van der Waals surface area contributed by atoms with E-state index in [4.69, 9.17) is 4.74 Å². The third kappa shape index (κ3) is 2.91. The van der Waals surface area contributed by atoms with Crippen molar-refractivity contribution in [3.63, 3.8) is 0 Å². The summed E-state index contributed by atoms with van der Waals surface area (Å²) in [6, 6.07) is 10.4. The maximum absolute atomic E-state index is 11.2. The van der Waals surface area contributed by atoms with E-state index in [0.29, 0.717) is 17.9 Å². The van der Waals surface area contributed by atoms with E-state index in [1.807, 2.05) is 36.4 Å². The van der Waals surface area contributed by atoms with Crippen molar-refractivity contribution in [2.45, 2.75) is 25.8 Å². The second-order valence-electron chi connectivity index (χ2n) is 4.77. The number of rotatable bonds is 6. The molecule has 2 aromatic rings. The number of hydrogen-bond donors (Lipinski definition) is 1. The van der Waals surface area contributed by atoms with E-state index < -0.39 is 12.0 Å². The van der Waals surface area contributed by atoms with Gasteiger partial charge in [0.15, 0.2) is 6.04 Å². The Morgan fingerprint density at radius 1 is 1.30 bits per heavy atom. The zero-order valence-corrected chi connectivity index (χ0v) is 11.6. The summed E-state index contributed by atoms with van der Waals surface area (Å²) in [7, 11) is 0. The molecule has 0 bridgehead atoms. The van der Waals surface area contributed by atoms with Crippen molar-refractivity contribution >= 4 is 16.7 Å². The number of carbonyl (C=O) groups is 1. The van der Waals surface area contributed by atoms with E-state index >= 15 is 0 Å². The first-order valence-electron chi connectivity index (χ1n) is 6.83. The van der Waals surface area contributed by atoms with Gasteiger partial charge in [-0.3, -0.25) is 0 Å². The molecule has 0 unspecified atom stereocenters. The van der Waals surface area contributed by atoms with E-state index in [-0.39, 0.29) is 0 Å². The Morgan fingerprint density at radius 2 is 2.05 bits per heavy atom. The Balaban J connectivity index is 2.50.